The van der Waals surface area contributed by atoms with Crippen molar-refractivity contribution in [2.75, 3.05) is 0 Å². The van der Waals surface area contributed by atoms with Crippen LogP contribution in [-0.4, -0.2) is 0 Å². The van der Waals surface area contributed by atoms with Crippen LogP contribution in [-0.2, 0) is 0 Å². The molecule has 0 aliphatic rings. The van der Waals surface area contributed by atoms with Crippen LogP contribution in [0.2, 0.25) is 0 Å². The monoisotopic (exact) mass is 134 g/mol. The van der Waals surface area contributed by atoms with E-state index in [0.29, 0.717) is 5.92 Å². The van der Waals surface area contributed by atoms with E-state index in [0.717, 1.165) is 12.8 Å². The molecule has 10 heavy (non-hydrogen) atoms. The quantitative estimate of drug-likeness (QED) is 0.483. The minimum atomic E-state index is 0.663. The summed E-state index contributed by atoms with van der Waals surface area (Å²) in [5, 5.41) is 0. The number of hydrogen-bond donors (Lipinski definition) is 0. The largest absolute Gasteiger partial charge is 0.0894 e. The second-order valence-corrected chi connectivity index (χ2v) is 2.56. The van der Waals surface area contributed by atoms with Crippen molar-refractivity contribution < 1.29 is 0 Å². The summed E-state index contributed by atoms with van der Waals surface area (Å²) >= 11 is 0. The van der Waals surface area contributed by atoms with Crippen LogP contribution >= 0.6 is 0 Å². The van der Waals surface area contributed by atoms with Crippen LogP contribution in [0.5, 0.6) is 0 Å². The van der Waals surface area contributed by atoms with Gasteiger partial charge in [-0.2, -0.15) is 0 Å². The molecule has 0 spiro atoms. The van der Waals surface area contributed by atoms with Crippen LogP contribution in [0, 0.1) is 29.6 Å². The fourth-order valence-corrected chi connectivity index (χ4v) is 0.432. The zero-order chi connectivity index (χ0) is 7.82. The Labute approximate surface area is 64.0 Å². The molecule has 0 N–H and O–H groups in total. The molecule has 0 fully saturated rings. The highest BCUT2D eigenvalue weighted by atomic mass is 13.9. The SMILES string of the molecule is CCC#CC#CCC(C)C. The molecule has 0 aliphatic heterocycles. The maximum absolute atomic E-state index is 3.00. The van der Waals surface area contributed by atoms with Crippen LogP contribution in [0.25, 0.3) is 0 Å². The van der Waals surface area contributed by atoms with Crippen LogP contribution in [0.4, 0.5) is 0 Å². The lowest BCUT2D eigenvalue weighted by Crippen LogP contribution is -1.80. The van der Waals surface area contributed by atoms with E-state index in [9.17, 15) is 0 Å². The molecule has 0 heterocycles. The molecule has 0 saturated heterocycles. The van der Waals surface area contributed by atoms with Crippen molar-refractivity contribution in [3.8, 4) is 23.7 Å². The summed E-state index contributed by atoms with van der Waals surface area (Å²) in [7, 11) is 0. The maximum atomic E-state index is 3.00. The zero-order valence-electron chi connectivity index (χ0n) is 6.99. The first kappa shape index (κ1) is 9.12. The van der Waals surface area contributed by atoms with Gasteiger partial charge in [-0.15, -0.1) is 0 Å². The van der Waals surface area contributed by atoms with Gasteiger partial charge < -0.3 is 0 Å². The summed E-state index contributed by atoms with van der Waals surface area (Å²) in [4.78, 5) is 0. The molecule has 0 aromatic carbocycles. The van der Waals surface area contributed by atoms with Gasteiger partial charge in [-0.25, -0.2) is 0 Å². The predicted octanol–water partition coefficient (Wildman–Crippen LogP) is 2.45. The van der Waals surface area contributed by atoms with E-state index in [4.69, 9.17) is 0 Å². The lowest BCUT2D eigenvalue weighted by Gasteiger charge is -1.90. The Kier molecular flexibility index (Phi) is 5.69. The molecular weight excluding hydrogens is 120 g/mol. The topological polar surface area (TPSA) is 0 Å². The highest BCUT2D eigenvalue weighted by Crippen LogP contribution is 1.94. The van der Waals surface area contributed by atoms with Crippen molar-refractivity contribution in [3.63, 3.8) is 0 Å². The zero-order valence-corrected chi connectivity index (χ0v) is 6.99. The van der Waals surface area contributed by atoms with Crippen molar-refractivity contribution in [1.29, 1.82) is 0 Å². The van der Waals surface area contributed by atoms with Crippen molar-refractivity contribution >= 4 is 0 Å². The second kappa shape index (κ2) is 6.24. The summed E-state index contributed by atoms with van der Waals surface area (Å²) in [6.45, 7) is 6.33. The molecule has 0 atom stereocenters. The standard InChI is InChI=1S/C10H14/c1-4-5-6-7-8-9-10(2)3/h10H,4,9H2,1-3H3. The first-order valence-corrected chi connectivity index (χ1v) is 3.73. The van der Waals surface area contributed by atoms with E-state index < -0.39 is 0 Å². The molecule has 0 saturated carbocycles. The Morgan fingerprint density at radius 1 is 1.10 bits per heavy atom. The van der Waals surface area contributed by atoms with Gasteiger partial charge in [0, 0.05) is 12.8 Å². The third-order valence-electron chi connectivity index (χ3n) is 0.926. The van der Waals surface area contributed by atoms with Crippen LogP contribution < -0.4 is 0 Å². The van der Waals surface area contributed by atoms with E-state index in [1.807, 2.05) is 6.92 Å². The van der Waals surface area contributed by atoms with Gasteiger partial charge in [-0.3, -0.25) is 0 Å². The lowest BCUT2D eigenvalue weighted by atomic mass is 10.1. The predicted molar refractivity (Wildman–Crippen MR) is 45.3 cm³/mol. The molecule has 0 heteroatoms. The molecule has 0 amide bonds. The number of rotatable bonds is 1. The highest BCUT2D eigenvalue weighted by Gasteiger charge is 1.84. The Morgan fingerprint density at radius 3 is 2.20 bits per heavy atom. The Balaban J connectivity index is 3.50. The average molecular weight is 134 g/mol. The van der Waals surface area contributed by atoms with E-state index in [-0.39, 0.29) is 0 Å². The first-order chi connectivity index (χ1) is 4.77. The molecule has 0 aromatic rings. The molecular formula is C10H14. The van der Waals surface area contributed by atoms with Crippen molar-refractivity contribution in [3.05, 3.63) is 0 Å². The molecule has 0 rings (SSSR count). The van der Waals surface area contributed by atoms with Crippen molar-refractivity contribution in [2.24, 2.45) is 5.92 Å². The molecule has 0 radical (unpaired) electrons. The van der Waals surface area contributed by atoms with E-state index in [1.54, 1.807) is 0 Å². The summed E-state index contributed by atoms with van der Waals surface area (Å²) in [5.74, 6) is 12.1. The smallest absolute Gasteiger partial charge is 0.0122 e. The molecule has 54 valence electrons. The summed E-state index contributed by atoms with van der Waals surface area (Å²) in [5.41, 5.74) is 0. The third kappa shape index (κ3) is 7.12. The first-order valence-electron chi connectivity index (χ1n) is 3.73. The maximum Gasteiger partial charge on any atom is 0.0122 e. The Morgan fingerprint density at radius 2 is 1.70 bits per heavy atom. The second-order valence-electron chi connectivity index (χ2n) is 2.56. The summed E-state index contributed by atoms with van der Waals surface area (Å²) in [6.07, 6.45) is 1.86. The van der Waals surface area contributed by atoms with Crippen molar-refractivity contribution in [2.45, 2.75) is 33.6 Å². The van der Waals surface area contributed by atoms with Crippen molar-refractivity contribution in [1.82, 2.24) is 0 Å². The minimum absolute atomic E-state index is 0.663. The molecule has 0 aliphatic carbocycles. The van der Waals surface area contributed by atoms with Gasteiger partial charge in [-0.05, 0) is 17.8 Å². The Hall–Kier alpha value is -0.880. The van der Waals surface area contributed by atoms with Gasteiger partial charge in [0.05, 0.1) is 0 Å². The molecule has 0 unspecified atom stereocenters. The minimum Gasteiger partial charge on any atom is -0.0894 e. The average Bonchev–Trinajstić information content (AvgIpc) is 1.87. The van der Waals surface area contributed by atoms with Gasteiger partial charge in [0.25, 0.3) is 0 Å². The van der Waals surface area contributed by atoms with Gasteiger partial charge in [0.1, 0.15) is 0 Å². The van der Waals surface area contributed by atoms with Gasteiger partial charge in [-0.1, -0.05) is 32.6 Å². The molecule has 0 aromatic heterocycles. The van der Waals surface area contributed by atoms with Gasteiger partial charge >= 0.3 is 0 Å². The van der Waals surface area contributed by atoms with Gasteiger partial charge in [0.15, 0.2) is 0 Å². The Bertz CT molecular complexity index is 178. The van der Waals surface area contributed by atoms with Gasteiger partial charge in [0.2, 0.25) is 0 Å². The fourth-order valence-electron chi connectivity index (χ4n) is 0.432. The molecule has 0 nitrogen and oxygen atoms in total. The summed E-state index contributed by atoms with van der Waals surface area (Å²) < 4.78 is 0. The van der Waals surface area contributed by atoms with Crippen LogP contribution in [0.1, 0.15) is 33.6 Å². The fraction of sp³-hybridized carbons (Fsp3) is 0.600. The molecule has 0 bridgehead atoms. The third-order valence-corrected chi connectivity index (χ3v) is 0.926. The normalized spacial score (nSPS) is 7.60. The van der Waals surface area contributed by atoms with E-state index >= 15 is 0 Å². The highest BCUT2D eigenvalue weighted by molar-refractivity contribution is 5.25. The van der Waals surface area contributed by atoms with E-state index in [2.05, 4.69) is 37.5 Å². The summed E-state index contributed by atoms with van der Waals surface area (Å²) in [6, 6.07) is 0. The number of hydrogen-bond acceptors (Lipinski definition) is 0. The lowest BCUT2D eigenvalue weighted by molar-refractivity contribution is 0.676. The van der Waals surface area contributed by atoms with Crippen LogP contribution in [0.15, 0.2) is 0 Å². The van der Waals surface area contributed by atoms with E-state index in [1.165, 1.54) is 0 Å². The van der Waals surface area contributed by atoms with Crippen LogP contribution in [0.3, 0.4) is 0 Å².